The van der Waals surface area contributed by atoms with E-state index in [1.165, 1.54) is 22.7 Å². The maximum absolute atomic E-state index is 12.7. The van der Waals surface area contributed by atoms with E-state index >= 15 is 0 Å². The van der Waals surface area contributed by atoms with Crippen molar-refractivity contribution in [2.75, 3.05) is 11.9 Å². The number of fused-ring (bicyclic) bond motifs is 1. The topological polar surface area (TPSA) is 123 Å². The van der Waals surface area contributed by atoms with Crippen molar-refractivity contribution in [1.82, 2.24) is 14.5 Å². The van der Waals surface area contributed by atoms with Gasteiger partial charge in [-0.2, -0.15) is 0 Å². The molecule has 3 heterocycles. The molecule has 9 nitrogen and oxygen atoms in total. The van der Waals surface area contributed by atoms with Gasteiger partial charge in [0.15, 0.2) is 5.13 Å². The number of amides is 1. The number of esters is 1. The van der Waals surface area contributed by atoms with E-state index in [4.69, 9.17) is 4.74 Å². The first-order chi connectivity index (χ1) is 14.5. The first kappa shape index (κ1) is 20.2. The van der Waals surface area contributed by atoms with Gasteiger partial charge in [-0.25, -0.2) is 9.78 Å². The largest absolute Gasteiger partial charge is 0.465 e. The van der Waals surface area contributed by atoms with Crippen LogP contribution in [0, 0.1) is 0 Å². The summed E-state index contributed by atoms with van der Waals surface area (Å²) in [4.78, 5) is 58.1. The molecule has 11 heteroatoms. The summed E-state index contributed by atoms with van der Waals surface area (Å²) in [5, 5.41) is 4.75. The number of aromatic nitrogens is 3. The Hall–Kier alpha value is -3.05. The number of nitrogens with zero attached hydrogens (tertiary/aromatic N) is 2. The van der Waals surface area contributed by atoms with Crippen LogP contribution >= 0.6 is 22.7 Å². The maximum atomic E-state index is 12.7. The number of carbonyl (C=O) groups excluding carboxylic acids is 2. The Labute approximate surface area is 178 Å². The zero-order valence-corrected chi connectivity index (χ0v) is 17.6. The third-order valence-corrected chi connectivity index (χ3v) is 6.62. The molecule has 0 aromatic carbocycles. The predicted molar refractivity (Wildman–Crippen MR) is 113 cm³/mol. The summed E-state index contributed by atoms with van der Waals surface area (Å²) in [6.07, 6.45) is 2.42. The van der Waals surface area contributed by atoms with Gasteiger partial charge < -0.3 is 9.72 Å². The van der Waals surface area contributed by atoms with Crippen LogP contribution in [0.25, 0.3) is 0 Å². The fraction of sp³-hybridized carbons (Fsp3) is 0.316. The lowest BCUT2D eigenvalue weighted by atomic mass is 10.1. The van der Waals surface area contributed by atoms with Crippen LogP contribution in [-0.4, -0.2) is 33.0 Å². The first-order valence-electron chi connectivity index (χ1n) is 9.30. The van der Waals surface area contributed by atoms with Crippen LogP contribution in [-0.2, 0) is 22.5 Å². The molecular weight excluding hydrogens is 428 g/mol. The molecule has 2 N–H and O–H groups in total. The van der Waals surface area contributed by atoms with Gasteiger partial charge in [0.05, 0.1) is 18.8 Å². The van der Waals surface area contributed by atoms with Crippen molar-refractivity contribution in [2.45, 2.75) is 32.2 Å². The molecule has 0 saturated heterocycles. The van der Waals surface area contributed by atoms with Gasteiger partial charge in [0.2, 0.25) is 0 Å². The van der Waals surface area contributed by atoms with Crippen molar-refractivity contribution >= 4 is 39.7 Å². The van der Waals surface area contributed by atoms with E-state index < -0.39 is 23.1 Å². The summed E-state index contributed by atoms with van der Waals surface area (Å²) in [5.41, 5.74) is -0.845. The van der Waals surface area contributed by atoms with Crippen molar-refractivity contribution in [3.63, 3.8) is 0 Å². The van der Waals surface area contributed by atoms with Gasteiger partial charge in [0.25, 0.3) is 11.5 Å². The summed E-state index contributed by atoms with van der Waals surface area (Å²) in [6.45, 7) is 2.12. The highest BCUT2D eigenvalue weighted by Crippen LogP contribution is 2.39. The molecule has 1 atom stereocenters. The minimum absolute atomic E-state index is 0.0831. The van der Waals surface area contributed by atoms with E-state index in [9.17, 15) is 19.2 Å². The summed E-state index contributed by atoms with van der Waals surface area (Å²) < 4.78 is 6.07. The lowest BCUT2D eigenvalue weighted by Crippen LogP contribution is -2.39. The highest BCUT2D eigenvalue weighted by Gasteiger charge is 2.34. The average Bonchev–Trinajstić information content (AvgIpc) is 3.42. The number of aryl methyl sites for hydroxylation is 1. The highest BCUT2D eigenvalue weighted by atomic mass is 32.1. The van der Waals surface area contributed by atoms with Crippen LogP contribution in [0.15, 0.2) is 33.3 Å². The van der Waals surface area contributed by atoms with Crippen LogP contribution in [0.2, 0.25) is 0 Å². The quantitative estimate of drug-likeness (QED) is 0.558. The molecule has 0 bridgehead atoms. The van der Waals surface area contributed by atoms with Crippen LogP contribution in [0.3, 0.4) is 0 Å². The zero-order chi connectivity index (χ0) is 21.3. The van der Waals surface area contributed by atoms with E-state index in [0.717, 1.165) is 20.5 Å². The van der Waals surface area contributed by atoms with Crippen molar-refractivity contribution < 1.29 is 14.3 Å². The number of thiazole rings is 1. The second kappa shape index (κ2) is 8.36. The molecule has 0 radical (unpaired) electrons. The van der Waals surface area contributed by atoms with Crippen molar-refractivity contribution in [3.8, 4) is 0 Å². The van der Waals surface area contributed by atoms with E-state index in [1.54, 1.807) is 13.0 Å². The Kier molecular flexibility index (Phi) is 5.64. The maximum Gasteiger partial charge on any atom is 0.328 e. The lowest BCUT2D eigenvalue weighted by Gasteiger charge is -2.08. The second-order valence-corrected chi connectivity index (χ2v) is 8.72. The SMILES string of the molecule is CCOC(=O)C1CCc2sc(NC(=O)c3c[nH]c(=O)n(Cc4cccs4)c3=O)nc21. The number of hydrogen-bond donors (Lipinski definition) is 2. The Morgan fingerprint density at radius 2 is 2.23 bits per heavy atom. The molecule has 156 valence electrons. The van der Waals surface area contributed by atoms with Gasteiger partial charge in [-0.15, -0.1) is 22.7 Å². The summed E-state index contributed by atoms with van der Waals surface area (Å²) >= 11 is 2.68. The second-order valence-electron chi connectivity index (χ2n) is 6.60. The number of hydrogen-bond acceptors (Lipinski definition) is 8. The number of anilines is 1. The van der Waals surface area contributed by atoms with Crippen LogP contribution in [0.4, 0.5) is 5.13 Å². The third-order valence-electron chi connectivity index (χ3n) is 4.71. The molecule has 0 spiro atoms. The summed E-state index contributed by atoms with van der Waals surface area (Å²) in [7, 11) is 0. The van der Waals surface area contributed by atoms with Gasteiger partial charge in [0, 0.05) is 16.0 Å². The molecule has 0 fully saturated rings. The molecule has 1 aliphatic carbocycles. The molecular formula is C19H18N4O5S2. The number of aromatic amines is 1. The zero-order valence-electron chi connectivity index (χ0n) is 16.0. The Bertz CT molecular complexity index is 1210. The fourth-order valence-corrected chi connectivity index (χ4v) is 5.02. The Morgan fingerprint density at radius 3 is 2.97 bits per heavy atom. The van der Waals surface area contributed by atoms with Crippen LogP contribution in [0.1, 0.15) is 45.1 Å². The Balaban J connectivity index is 1.56. The van der Waals surface area contributed by atoms with E-state index in [1.807, 2.05) is 11.4 Å². The smallest absolute Gasteiger partial charge is 0.328 e. The number of carbonyl (C=O) groups is 2. The molecule has 1 amide bonds. The number of rotatable bonds is 6. The van der Waals surface area contributed by atoms with E-state index in [0.29, 0.717) is 30.3 Å². The predicted octanol–water partition coefficient (Wildman–Crippen LogP) is 1.95. The molecule has 0 aliphatic heterocycles. The molecule has 1 unspecified atom stereocenters. The normalized spacial score (nSPS) is 15.0. The van der Waals surface area contributed by atoms with Gasteiger partial charge in [-0.3, -0.25) is 24.3 Å². The van der Waals surface area contributed by atoms with Gasteiger partial charge >= 0.3 is 11.7 Å². The first-order valence-corrected chi connectivity index (χ1v) is 11.0. The molecule has 3 aromatic heterocycles. The molecule has 3 aromatic rings. The fourth-order valence-electron chi connectivity index (χ4n) is 3.29. The molecule has 30 heavy (non-hydrogen) atoms. The van der Waals surface area contributed by atoms with Gasteiger partial charge in [-0.05, 0) is 31.2 Å². The lowest BCUT2D eigenvalue weighted by molar-refractivity contribution is -0.145. The summed E-state index contributed by atoms with van der Waals surface area (Å²) in [5.74, 6) is -1.43. The van der Waals surface area contributed by atoms with Gasteiger partial charge in [-0.1, -0.05) is 6.07 Å². The number of ether oxygens (including phenoxy) is 1. The minimum Gasteiger partial charge on any atom is -0.465 e. The summed E-state index contributed by atoms with van der Waals surface area (Å²) in [6, 6.07) is 3.63. The van der Waals surface area contributed by atoms with E-state index in [2.05, 4.69) is 15.3 Å². The standard InChI is InChI=1S/C19H18N4O5S2/c1-2-28-17(26)11-5-6-13-14(11)21-18(30-13)22-15(24)12-8-20-19(27)23(16(12)25)9-10-4-3-7-29-10/h3-4,7-8,11H,2,5-6,9H2,1H3,(H,20,27)(H,21,22,24). The minimum atomic E-state index is -0.682. The van der Waals surface area contributed by atoms with Crippen molar-refractivity contribution in [3.05, 3.63) is 65.6 Å². The third kappa shape index (κ3) is 3.85. The van der Waals surface area contributed by atoms with Crippen molar-refractivity contribution in [1.29, 1.82) is 0 Å². The number of nitrogens with one attached hydrogen (secondary N) is 2. The van der Waals surface area contributed by atoms with Crippen LogP contribution in [0.5, 0.6) is 0 Å². The van der Waals surface area contributed by atoms with Gasteiger partial charge in [0.1, 0.15) is 11.5 Å². The highest BCUT2D eigenvalue weighted by molar-refractivity contribution is 7.16. The Morgan fingerprint density at radius 1 is 1.40 bits per heavy atom. The van der Waals surface area contributed by atoms with E-state index in [-0.39, 0.29) is 18.1 Å². The van der Waals surface area contributed by atoms with Crippen molar-refractivity contribution in [2.24, 2.45) is 0 Å². The molecule has 4 rings (SSSR count). The number of thiophene rings is 1. The van der Waals surface area contributed by atoms with Crippen LogP contribution < -0.4 is 16.6 Å². The number of H-pyrrole nitrogens is 1. The average molecular weight is 447 g/mol. The molecule has 1 aliphatic rings. The molecule has 0 saturated carbocycles. The monoisotopic (exact) mass is 446 g/mol.